The van der Waals surface area contributed by atoms with E-state index in [1.54, 1.807) is 23.1 Å². The molecule has 2 N–H and O–H groups in total. The highest BCUT2D eigenvalue weighted by atomic mass is 79.9. The molecule has 0 amide bonds. The third-order valence-corrected chi connectivity index (χ3v) is 3.69. The quantitative estimate of drug-likeness (QED) is 0.645. The van der Waals surface area contributed by atoms with Crippen LogP contribution in [0.25, 0.3) is 0 Å². The van der Waals surface area contributed by atoms with Gasteiger partial charge in [-0.2, -0.15) is 0 Å². The van der Waals surface area contributed by atoms with Crippen LogP contribution < -0.4 is 5.73 Å². The van der Waals surface area contributed by atoms with Gasteiger partial charge < -0.3 is 5.73 Å². The lowest BCUT2D eigenvalue weighted by Gasteiger charge is -2.15. The maximum atomic E-state index is 5.83. The predicted molar refractivity (Wildman–Crippen MR) is 56.1 cm³/mol. The van der Waals surface area contributed by atoms with Gasteiger partial charge in [-0.15, -0.1) is 11.3 Å². The van der Waals surface area contributed by atoms with Gasteiger partial charge in [0.1, 0.15) is 0 Å². The fraction of sp³-hybridized carbons (Fsp3) is 0.429. The highest BCUT2D eigenvalue weighted by Crippen LogP contribution is 2.35. The van der Waals surface area contributed by atoms with E-state index in [2.05, 4.69) is 22.0 Å². The Morgan fingerprint density at radius 2 is 2.18 bits per heavy atom. The molecule has 11 heavy (non-hydrogen) atoms. The zero-order valence-electron chi connectivity index (χ0n) is 6.43. The standard InChI is InChI=1S/C7H10BrNS2/c1-7(2,9)11-6-4-3-5(8)10-6/h3-4H,9H2,1-2H3. The Labute approximate surface area is 83.5 Å². The SMILES string of the molecule is CC(C)(N)Sc1ccc(Br)s1. The van der Waals surface area contributed by atoms with Crippen molar-refractivity contribution < 1.29 is 0 Å². The van der Waals surface area contributed by atoms with Gasteiger partial charge in [0.25, 0.3) is 0 Å². The molecular weight excluding hydrogens is 242 g/mol. The van der Waals surface area contributed by atoms with Gasteiger partial charge in [0.15, 0.2) is 0 Å². The van der Waals surface area contributed by atoms with E-state index in [0.717, 1.165) is 3.79 Å². The van der Waals surface area contributed by atoms with Gasteiger partial charge in [0.05, 0.1) is 12.9 Å². The van der Waals surface area contributed by atoms with Crippen molar-refractivity contribution in [2.24, 2.45) is 5.73 Å². The van der Waals surface area contributed by atoms with E-state index in [1.807, 2.05) is 19.9 Å². The Bertz CT molecular complexity index is 239. The first-order valence-corrected chi connectivity index (χ1v) is 5.63. The lowest BCUT2D eigenvalue weighted by atomic mass is 10.4. The fourth-order valence-electron chi connectivity index (χ4n) is 0.612. The highest BCUT2D eigenvalue weighted by Gasteiger charge is 2.13. The van der Waals surface area contributed by atoms with E-state index in [0.29, 0.717) is 0 Å². The minimum absolute atomic E-state index is 0.176. The van der Waals surface area contributed by atoms with E-state index in [4.69, 9.17) is 5.73 Å². The van der Waals surface area contributed by atoms with Gasteiger partial charge in [-0.3, -0.25) is 0 Å². The van der Waals surface area contributed by atoms with Crippen LogP contribution >= 0.6 is 39.0 Å². The van der Waals surface area contributed by atoms with Crippen molar-refractivity contribution in [1.82, 2.24) is 0 Å². The summed E-state index contributed by atoms with van der Waals surface area (Å²) in [6.07, 6.45) is 0. The molecule has 1 rings (SSSR count). The molecule has 0 bridgehead atoms. The number of hydrogen-bond acceptors (Lipinski definition) is 3. The molecule has 0 aliphatic carbocycles. The average molecular weight is 252 g/mol. The largest absolute Gasteiger partial charge is 0.317 e. The number of hydrogen-bond donors (Lipinski definition) is 1. The topological polar surface area (TPSA) is 26.0 Å². The number of nitrogens with two attached hydrogens (primary N) is 1. The van der Waals surface area contributed by atoms with Crippen LogP contribution in [0.2, 0.25) is 0 Å². The monoisotopic (exact) mass is 251 g/mol. The molecular formula is C7H10BrNS2. The molecule has 1 heterocycles. The Hall–Kier alpha value is 0.490. The Morgan fingerprint density at radius 1 is 1.55 bits per heavy atom. The van der Waals surface area contributed by atoms with E-state index < -0.39 is 0 Å². The maximum absolute atomic E-state index is 5.83. The minimum Gasteiger partial charge on any atom is -0.317 e. The van der Waals surface area contributed by atoms with Crippen molar-refractivity contribution in [2.75, 3.05) is 0 Å². The molecule has 0 aliphatic heterocycles. The van der Waals surface area contributed by atoms with Gasteiger partial charge in [0.2, 0.25) is 0 Å². The molecule has 0 atom stereocenters. The first-order valence-electron chi connectivity index (χ1n) is 3.20. The molecule has 1 nitrogen and oxygen atoms in total. The minimum atomic E-state index is -0.176. The van der Waals surface area contributed by atoms with E-state index in [-0.39, 0.29) is 4.87 Å². The Morgan fingerprint density at radius 3 is 2.55 bits per heavy atom. The van der Waals surface area contributed by atoms with Crippen molar-refractivity contribution in [1.29, 1.82) is 0 Å². The lowest BCUT2D eigenvalue weighted by Crippen LogP contribution is -2.26. The molecule has 1 aromatic rings. The molecule has 0 saturated carbocycles. The van der Waals surface area contributed by atoms with E-state index in [9.17, 15) is 0 Å². The molecule has 0 spiro atoms. The summed E-state index contributed by atoms with van der Waals surface area (Å²) in [5.41, 5.74) is 5.83. The molecule has 0 unspecified atom stereocenters. The molecule has 1 aromatic heterocycles. The summed E-state index contributed by atoms with van der Waals surface area (Å²) in [4.78, 5) is -0.176. The molecule has 0 radical (unpaired) electrons. The number of thiophene rings is 1. The molecule has 4 heteroatoms. The summed E-state index contributed by atoms with van der Waals surface area (Å²) >= 11 is 6.81. The zero-order valence-corrected chi connectivity index (χ0v) is 9.65. The number of rotatable bonds is 2. The van der Waals surface area contributed by atoms with Crippen molar-refractivity contribution in [2.45, 2.75) is 22.9 Å². The fourth-order valence-corrected chi connectivity index (χ4v) is 3.79. The van der Waals surface area contributed by atoms with E-state index >= 15 is 0 Å². The summed E-state index contributed by atoms with van der Waals surface area (Å²) in [6.45, 7) is 4.01. The van der Waals surface area contributed by atoms with Crippen LogP contribution in [0.15, 0.2) is 20.1 Å². The molecule has 0 fully saturated rings. The number of halogens is 1. The smallest absolute Gasteiger partial charge is 0.0710 e. The van der Waals surface area contributed by atoms with Crippen LogP contribution in [0, 0.1) is 0 Å². The summed E-state index contributed by atoms with van der Waals surface area (Å²) in [5.74, 6) is 0. The maximum Gasteiger partial charge on any atom is 0.0710 e. The van der Waals surface area contributed by atoms with Crippen LogP contribution in [0.5, 0.6) is 0 Å². The van der Waals surface area contributed by atoms with Crippen LogP contribution in [-0.4, -0.2) is 4.87 Å². The second kappa shape index (κ2) is 3.47. The Kier molecular flexibility index (Phi) is 3.02. The third kappa shape index (κ3) is 3.60. The molecule has 0 saturated heterocycles. The van der Waals surface area contributed by atoms with Crippen LogP contribution in [0.1, 0.15) is 13.8 Å². The highest BCUT2D eigenvalue weighted by molar-refractivity contribution is 9.11. The number of thioether (sulfide) groups is 1. The van der Waals surface area contributed by atoms with Crippen LogP contribution in [0.4, 0.5) is 0 Å². The first kappa shape index (κ1) is 9.58. The molecule has 62 valence electrons. The Balaban J connectivity index is 2.65. The van der Waals surface area contributed by atoms with Crippen molar-refractivity contribution in [3.05, 3.63) is 15.9 Å². The summed E-state index contributed by atoms with van der Waals surface area (Å²) in [7, 11) is 0. The summed E-state index contributed by atoms with van der Waals surface area (Å²) < 4.78 is 2.41. The van der Waals surface area contributed by atoms with Gasteiger partial charge >= 0.3 is 0 Å². The van der Waals surface area contributed by atoms with Crippen molar-refractivity contribution >= 4 is 39.0 Å². The van der Waals surface area contributed by atoms with E-state index in [1.165, 1.54) is 4.21 Å². The second-order valence-electron chi connectivity index (χ2n) is 2.76. The summed E-state index contributed by atoms with van der Waals surface area (Å²) in [5, 5.41) is 0. The van der Waals surface area contributed by atoms with Crippen LogP contribution in [-0.2, 0) is 0 Å². The normalized spacial score (nSPS) is 12.0. The van der Waals surface area contributed by atoms with Gasteiger partial charge in [-0.05, 0) is 41.9 Å². The zero-order chi connectivity index (χ0) is 8.48. The average Bonchev–Trinajstić information content (AvgIpc) is 2.10. The van der Waals surface area contributed by atoms with Crippen LogP contribution in [0.3, 0.4) is 0 Å². The van der Waals surface area contributed by atoms with Gasteiger partial charge in [0, 0.05) is 0 Å². The molecule has 0 aromatic carbocycles. The predicted octanol–water partition coefficient (Wildman–Crippen LogP) is 3.30. The third-order valence-electron chi connectivity index (χ3n) is 0.912. The lowest BCUT2D eigenvalue weighted by molar-refractivity contribution is 0.759. The first-order chi connectivity index (χ1) is 4.97. The van der Waals surface area contributed by atoms with Gasteiger partial charge in [-0.25, -0.2) is 0 Å². The second-order valence-corrected chi connectivity index (χ2v) is 7.18. The summed E-state index contributed by atoms with van der Waals surface area (Å²) in [6, 6.07) is 4.12. The van der Waals surface area contributed by atoms with Gasteiger partial charge in [-0.1, -0.05) is 11.8 Å². The van der Waals surface area contributed by atoms with Crippen molar-refractivity contribution in [3.8, 4) is 0 Å². The molecule has 0 aliphatic rings. The van der Waals surface area contributed by atoms with Crippen molar-refractivity contribution in [3.63, 3.8) is 0 Å².